The average molecular weight is 276 g/mol. The van der Waals surface area contributed by atoms with E-state index in [9.17, 15) is 0 Å². The molecule has 0 saturated carbocycles. The van der Waals surface area contributed by atoms with Crippen LogP contribution in [0.15, 0.2) is 8.94 Å². The molecule has 0 aliphatic carbocycles. The van der Waals surface area contributed by atoms with Gasteiger partial charge in [0.15, 0.2) is 5.82 Å². The third-order valence-electron chi connectivity index (χ3n) is 3.86. The van der Waals surface area contributed by atoms with Crippen molar-refractivity contribution in [3.8, 4) is 0 Å². The maximum absolute atomic E-state index is 5.67. The number of likely N-dealkylation sites (tertiary alicyclic amines) is 1. The third-order valence-corrected chi connectivity index (χ3v) is 3.86. The molecule has 0 radical (unpaired) electrons. The summed E-state index contributed by atoms with van der Waals surface area (Å²) in [5.41, 5.74) is 0.962. The normalized spacial score (nSPS) is 19.9. The molecule has 6 heteroatoms. The Bertz CT molecular complexity index is 570. The Morgan fingerprint density at radius 3 is 2.75 bits per heavy atom. The van der Waals surface area contributed by atoms with Crippen molar-refractivity contribution >= 4 is 0 Å². The lowest BCUT2D eigenvalue weighted by molar-refractivity contribution is 0.211. The highest BCUT2D eigenvalue weighted by atomic mass is 16.5. The van der Waals surface area contributed by atoms with Crippen LogP contribution in [0.3, 0.4) is 0 Å². The highest BCUT2D eigenvalue weighted by molar-refractivity contribution is 5.06. The van der Waals surface area contributed by atoms with Gasteiger partial charge in [-0.2, -0.15) is 4.98 Å². The van der Waals surface area contributed by atoms with Crippen molar-refractivity contribution < 1.29 is 8.94 Å². The molecule has 20 heavy (non-hydrogen) atoms. The van der Waals surface area contributed by atoms with Crippen molar-refractivity contribution in [2.45, 2.75) is 52.6 Å². The van der Waals surface area contributed by atoms with E-state index in [0.717, 1.165) is 49.0 Å². The van der Waals surface area contributed by atoms with Gasteiger partial charge in [-0.05, 0) is 33.2 Å². The zero-order valence-electron chi connectivity index (χ0n) is 12.2. The van der Waals surface area contributed by atoms with Crippen molar-refractivity contribution in [3.63, 3.8) is 0 Å². The van der Waals surface area contributed by atoms with Crippen molar-refractivity contribution in [2.75, 3.05) is 6.54 Å². The summed E-state index contributed by atoms with van der Waals surface area (Å²) >= 11 is 0. The summed E-state index contributed by atoms with van der Waals surface area (Å²) in [6.07, 6.45) is 2.97. The Hall–Kier alpha value is -1.69. The lowest BCUT2D eigenvalue weighted by Crippen LogP contribution is -2.23. The van der Waals surface area contributed by atoms with Gasteiger partial charge in [-0.15, -0.1) is 0 Å². The second-order valence-corrected chi connectivity index (χ2v) is 5.28. The SMILES string of the molecule is CCc1nc([C@@H]2CCCN2Cc2nc(C)c(C)o2)no1. The van der Waals surface area contributed by atoms with Crippen LogP contribution in [0, 0.1) is 13.8 Å². The van der Waals surface area contributed by atoms with Gasteiger partial charge in [0.05, 0.1) is 18.3 Å². The van der Waals surface area contributed by atoms with E-state index in [4.69, 9.17) is 8.94 Å². The van der Waals surface area contributed by atoms with E-state index >= 15 is 0 Å². The molecule has 1 saturated heterocycles. The van der Waals surface area contributed by atoms with E-state index in [2.05, 4.69) is 20.0 Å². The maximum Gasteiger partial charge on any atom is 0.226 e. The first-order chi connectivity index (χ1) is 9.67. The largest absolute Gasteiger partial charge is 0.444 e. The molecule has 6 nitrogen and oxygen atoms in total. The summed E-state index contributed by atoms with van der Waals surface area (Å²) in [5, 5.41) is 4.10. The van der Waals surface area contributed by atoms with Gasteiger partial charge in [0.2, 0.25) is 11.8 Å². The predicted molar refractivity (Wildman–Crippen MR) is 72.0 cm³/mol. The quantitative estimate of drug-likeness (QED) is 0.855. The number of aryl methyl sites for hydroxylation is 3. The van der Waals surface area contributed by atoms with E-state index in [1.165, 1.54) is 0 Å². The van der Waals surface area contributed by atoms with Crippen LogP contribution in [-0.2, 0) is 13.0 Å². The first kappa shape index (κ1) is 13.3. The molecule has 1 atom stereocenters. The van der Waals surface area contributed by atoms with Gasteiger partial charge in [-0.3, -0.25) is 4.90 Å². The summed E-state index contributed by atoms with van der Waals surface area (Å²) in [5.74, 6) is 3.16. The van der Waals surface area contributed by atoms with Gasteiger partial charge in [0.25, 0.3) is 0 Å². The van der Waals surface area contributed by atoms with E-state index in [1.807, 2.05) is 20.8 Å². The van der Waals surface area contributed by atoms with Gasteiger partial charge in [-0.25, -0.2) is 4.98 Å². The Morgan fingerprint density at radius 1 is 1.25 bits per heavy atom. The molecule has 0 unspecified atom stereocenters. The molecule has 1 aliphatic rings. The summed E-state index contributed by atoms with van der Waals surface area (Å²) < 4.78 is 10.9. The minimum Gasteiger partial charge on any atom is -0.444 e. The van der Waals surface area contributed by atoms with E-state index in [0.29, 0.717) is 12.4 Å². The van der Waals surface area contributed by atoms with Crippen LogP contribution in [0.25, 0.3) is 0 Å². The number of nitrogens with zero attached hydrogens (tertiary/aromatic N) is 4. The first-order valence-electron chi connectivity index (χ1n) is 7.16. The predicted octanol–water partition coefficient (Wildman–Crippen LogP) is 2.57. The molecule has 0 amide bonds. The first-order valence-corrected chi connectivity index (χ1v) is 7.16. The van der Waals surface area contributed by atoms with Crippen molar-refractivity contribution in [1.29, 1.82) is 0 Å². The topological polar surface area (TPSA) is 68.2 Å². The fraction of sp³-hybridized carbons (Fsp3) is 0.643. The van der Waals surface area contributed by atoms with Gasteiger partial charge >= 0.3 is 0 Å². The molecule has 3 heterocycles. The molecule has 0 aromatic carbocycles. The second kappa shape index (κ2) is 5.36. The lowest BCUT2D eigenvalue weighted by atomic mass is 10.2. The van der Waals surface area contributed by atoms with Gasteiger partial charge in [-0.1, -0.05) is 12.1 Å². The molecular weight excluding hydrogens is 256 g/mol. The average Bonchev–Trinajstić information content (AvgIpc) is 3.11. The standard InChI is InChI=1S/C14H20N4O2/c1-4-12-16-14(17-20-12)11-6-5-7-18(11)8-13-15-9(2)10(3)19-13/h11H,4-8H2,1-3H3/t11-/m0/s1. The Balaban J connectivity index is 1.75. The van der Waals surface area contributed by atoms with Crippen LogP contribution in [-0.4, -0.2) is 26.6 Å². The van der Waals surface area contributed by atoms with Gasteiger partial charge < -0.3 is 8.94 Å². The van der Waals surface area contributed by atoms with Crippen molar-refractivity contribution in [3.05, 3.63) is 29.1 Å². The molecule has 1 aliphatic heterocycles. The monoisotopic (exact) mass is 276 g/mol. The maximum atomic E-state index is 5.67. The highest BCUT2D eigenvalue weighted by Gasteiger charge is 2.31. The van der Waals surface area contributed by atoms with Crippen molar-refractivity contribution in [2.24, 2.45) is 0 Å². The zero-order chi connectivity index (χ0) is 14.1. The molecule has 2 aromatic rings. The third kappa shape index (κ3) is 2.47. The molecule has 3 rings (SSSR count). The molecular formula is C14H20N4O2. The number of hydrogen-bond acceptors (Lipinski definition) is 6. The second-order valence-electron chi connectivity index (χ2n) is 5.28. The van der Waals surface area contributed by atoms with Gasteiger partial charge in [0.1, 0.15) is 5.76 Å². The van der Waals surface area contributed by atoms with Crippen LogP contribution in [0.4, 0.5) is 0 Å². The Kier molecular flexibility index (Phi) is 3.56. The van der Waals surface area contributed by atoms with Crippen LogP contribution in [0.2, 0.25) is 0 Å². The Morgan fingerprint density at radius 2 is 2.10 bits per heavy atom. The number of aromatic nitrogens is 3. The minimum absolute atomic E-state index is 0.214. The van der Waals surface area contributed by atoms with E-state index in [-0.39, 0.29) is 6.04 Å². The fourth-order valence-electron chi connectivity index (χ4n) is 2.64. The molecule has 0 N–H and O–H groups in total. The molecule has 1 fully saturated rings. The zero-order valence-corrected chi connectivity index (χ0v) is 12.2. The fourth-order valence-corrected chi connectivity index (χ4v) is 2.64. The lowest BCUT2D eigenvalue weighted by Gasteiger charge is -2.19. The molecule has 0 spiro atoms. The van der Waals surface area contributed by atoms with Crippen LogP contribution in [0.1, 0.15) is 54.9 Å². The number of oxazole rings is 1. The molecule has 0 bridgehead atoms. The van der Waals surface area contributed by atoms with Crippen molar-refractivity contribution in [1.82, 2.24) is 20.0 Å². The van der Waals surface area contributed by atoms with Gasteiger partial charge in [0, 0.05) is 6.42 Å². The smallest absolute Gasteiger partial charge is 0.226 e. The van der Waals surface area contributed by atoms with Crippen LogP contribution < -0.4 is 0 Å². The molecule has 2 aromatic heterocycles. The Labute approximate surface area is 118 Å². The summed E-state index contributed by atoms with van der Waals surface area (Å²) in [4.78, 5) is 11.2. The highest BCUT2D eigenvalue weighted by Crippen LogP contribution is 2.31. The summed E-state index contributed by atoms with van der Waals surface area (Å²) in [7, 11) is 0. The number of hydrogen-bond donors (Lipinski definition) is 0. The van der Waals surface area contributed by atoms with Crippen LogP contribution >= 0.6 is 0 Å². The van der Waals surface area contributed by atoms with Crippen LogP contribution in [0.5, 0.6) is 0 Å². The summed E-state index contributed by atoms with van der Waals surface area (Å²) in [6, 6.07) is 0.214. The summed E-state index contributed by atoms with van der Waals surface area (Å²) in [6.45, 7) is 7.65. The molecule has 108 valence electrons. The van der Waals surface area contributed by atoms with E-state index < -0.39 is 0 Å². The number of rotatable bonds is 4. The minimum atomic E-state index is 0.214. The van der Waals surface area contributed by atoms with E-state index in [1.54, 1.807) is 0 Å².